The lowest BCUT2D eigenvalue weighted by molar-refractivity contribution is -0.114. The van der Waals surface area contributed by atoms with Crippen LogP contribution in [0.2, 0.25) is 0 Å². The molecule has 0 aromatic carbocycles. The highest BCUT2D eigenvalue weighted by Gasteiger charge is 2.03. The smallest absolute Gasteiger partial charge is 0.148 e. The van der Waals surface area contributed by atoms with Gasteiger partial charge in [0.15, 0.2) is 0 Å². The van der Waals surface area contributed by atoms with Gasteiger partial charge in [-0.05, 0) is 20.3 Å². The maximum Gasteiger partial charge on any atom is 0.148 e. The summed E-state index contributed by atoms with van der Waals surface area (Å²) in [5, 5.41) is 0. The minimum atomic E-state index is -0.359. The van der Waals surface area contributed by atoms with Crippen LogP contribution in [0.4, 0.5) is 0 Å². The molecule has 11 heavy (non-hydrogen) atoms. The van der Waals surface area contributed by atoms with Crippen LogP contribution in [0.5, 0.6) is 0 Å². The molecule has 1 radical (unpaired) electrons. The Labute approximate surface area is 68.0 Å². The molecule has 0 amide bonds. The SMILES string of the molecule is CCCOC(C)[N]OC(C)N. The van der Waals surface area contributed by atoms with Crippen molar-refractivity contribution in [3.63, 3.8) is 0 Å². The van der Waals surface area contributed by atoms with Crippen LogP contribution in [0.1, 0.15) is 27.2 Å². The first-order valence-corrected chi connectivity index (χ1v) is 3.90. The van der Waals surface area contributed by atoms with E-state index >= 15 is 0 Å². The number of nitrogens with two attached hydrogens (primary N) is 1. The van der Waals surface area contributed by atoms with Gasteiger partial charge in [0.1, 0.15) is 12.5 Å². The highest BCUT2D eigenvalue weighted by atomic mass is 16.7. The Morgan fingerprint density at radius 1 is 1.45 bits per heavy atom. The normalized spacial score (nSPS) is 16.4. The third kappa shape index (κ3) is 7.74. The Bertz CT molecular complexity index is 88.5. The first-order chi connectivity index (χ1) is 5.16. The van der Waals surface area contributed by atoms with Crippen molar-refractivity contribution in [2.75, 3.05) is 6.61 Å². The highest BCUT2D eigenvalue weighted by molar-refractivity contribution is 4.37. The second-order valence-corrected chi connectivity index (χ2v) is 2.39. The fraction of sp³-hybridized carbons (Fsp3) is 1.00. The van der Waals surface area contributed by atoms with Crippen LogP contribution in [0.15, 0.2) is 0 Å². The van der Waals surface area contributed by atoms with Gasteiger partial charge < -0.3 is 10.5 Å². The molecule has 4 nitrogen and oxygen atoms in total. The molecular formula is C7H17N2O2. The topological polar surface area (TPSA) is 58.6 Å². The van der Waals surface area contributed by atoms with Gasteiger partial charge in [0.2, 0.25) is 0 Å². The summed E-state index contributed by atoms with van der Waals surface area (Å²) in [4.78, 5) is 4.78. The Hall–Kier alpha value is -0.160. The van der Waals surface area contributed by atoms with Crippen LogP contribution in [-0.4, -0.2) is 19.1 Å². The Morgan fingerprint density at radius 2 is 2.09 bits per heavy atom. The van der Waals surface area contributed by atoms with Crippen LogP contribution in [0, 0.1) is 0 Å². The van der Waals surface area contributed by atoms with E-state index in [-0.39, 0.29) is 12.5 Å². The molecule has 0 aromatic rings. The van der Waals surface area contributed by atoms with E-state index in [4.69, 9.17) is 15.3 Å². The third-order valence-corrected chi connectivity index (χ3v) is 0.939. The maximum absolute atomic E-state index is 5.30. The molecule has 0 fully saturated rings. The Morgan fingerprint density at radius 3 is 2.55 bits per heavy atom. The number of rotatable bonds is 6. The zero-order valence-electron chi connectivity index (χ0n) is 7.41. The van der Waals surface area contributed by atoms with Gasteiger partial charge in [-0.1, -0.05) is 12.4 Å². The molecule has 67 valence electrons. The van der Waals surface area contributed by atoms with E-state index in [2.05, 4.69) is 5.48 Å². The third-order valence-electron chi connectivity index (χ3n) is 0.939. The lowest BCUT2D eigenvalue weighted by atomic mass is 10.5. The molecule has 0 aromatic heterocycles. The summed E-state index contributed by atoms with van der Waals surface area (Å²) in [6.45, 7) is 6.28. The maximum atomic E-state index is 5.30. The van der Waals surface area contributed by atoms with Gasteiger partial charge >= 0.3 is 0 Å². The van der Waals surface area contributed by atoms with Crippen LogP contribution >= 0.6 is 0 Å². The van der Waals surface area contributed by atoms with Crippen molar-refractivity contribution in [2.45, 2.75) is 39.6 Å². The van der Waals surface area contributed by atoms with Crippen LogP contribution in [-0.2, 0) is 9.57 Å². The molecule has 0 spiro atoms. The fourth-order valence-electron chi connectivity index (χ4n) is 0.501. The lowest BCUT2D eigenvalue weighted by Gasteiger charge is -2.12. The van der Waals surface area contributed by atoms with E-state index in [0.717, 1.165) is 6.42 Å². The summed E-state index contributed by atoms with van der Waals surface area (Å²) in [7, 11) is 0. The van der Waals surface area contributed by atoms with E-state index in [0.29, 0.717) is 6.61 Å². The van der Waals surface area contributed by atoms with E-state index in [1.807, 2.05) is 13.8 Å². The van der Waals surface area contributed by atoms with Gasteiger partial charge in [-0.2, -0.15) is 0 Å². The fourth-order valence-corrected chi connectivity index (χ4v) is 0.501. The lowest BCUT2D eigenvalue weighted by Crippen LogP contribution is -2.30. The van der Waals surface area contributed by atoms with Crippen molar-refractivity contribution in [1.29, 1.82) is 0 Å². The Balaban J connectivity index is 3.15. The first-order valence-electron chi connectivity index (χ1n) is 3.90. The largest absolute Gasteiger partial charge is 0.360 e. The van der Waals surface area contributed by atoms with Crippen molar-refractivity contribution < 1.29 is 9.57 Å². The number of hydroxylamine groups is 1. The number of nitrogens with zero attached hydrogens (tertiary/aromatic N) is 1. The Kier molecular flexibility index (Phi) is 6.45. The van der Waals surface area contributed by atoms with Gasteiger partial charge in [0.25, 0.3) is 0 Å². The van der Waals surface area contributed by atoms with Crippen molar-refractivity contribution in [1.82, 2.24) is 5.48 Å². The first kappa shape index (κ1) is 10.8. The predicted molar refractivity (Wildman–Crippen MR) is 42.6 cm³/mol. The molecule has 0 aliphatic carbocycles. The van der Waals surface area contributed by atoms with Crippen molar-refractivity contribution in [3.8, 4) is 0 Å². The summed E-state index contributed by atoms with van der Waals surface area (Å²) in [6.07, 6.45) is 0.404. The highest BCUT2D eigenvalue weighted by Crippen LogP contribution is 1.90. The summed E-state index contributed by atoms with van der Waals surface area (Å²) in [5.41, 5.74) is 9.01. The van der Waals surface area contributed by atoms with Gasteiger partial charge in [0.05, 0.1) is 0 Å². The van der Waals surface area contributed by atoms with E-state index < -0.39 is 0 Å². The van der Waals surface area contributed by atoms with Crippen LogP contribution < -0.4 is 11.2 Å². The molecule has 2 unspecified atom stereocenters. The monoisotopic (exact) mass is 161 g/mol. The van der Waals surface area contributed by atoms with E-state index in [1.54, 1.807) is 6.92 Å². The standard InChI is InChI=1S/C7H17N2O2/c1-4-5-10-7(3)9-11-6(2)8/h6-7H,4-5,8H2,1-3H3. The van der Waals surface area contributed by atoms with Gasteiger partial charge in [-0.25, -0.2) is 0 Å². The zero-order valence-corrected chi connectivity index (χ0v) is 7.41. The average molecular weight is 161 g/mol. The number of hydrogen-bond acceptors (Lipinski definition) is 3. The van der Waals surface area contributed by atoms with Crippen LogP contribution in [0.3, 0.4) is 0 Å². The van der Waals surface area contributed by atoms with Crippen molar-refractivity contribution >= 4 is 0 Å². The average Bonchev–Trinajstić information content (AvgIpc) is 1.97. The van der Waals surface area contributed by atoms with Gasteiger partial charge in [-0.3, -0.25) is 4.84 Å². The molecule has 0 saturated carbocycles. The molecule has 2 atom stereocenters. The molecular weight excluding hydrogens is 144 g/mol. The molecule has 0 heterocycles. The van der Waals surface area contributed by atoms with E-state index in [1.165, 1.54) is 0 Å². The quantitative estimate of drug-likeness (QED) is 0.458. The molecule has 0 bridgehead atoms. The van der Waals surface area contributed by atoms with Gasteiger partial charge in [0, 0.05) is 6.61 Å². The molecule has 4 heteroatoms. The second kappa shape index (κ2) is 6.54. The minimum Gasteiger partial charge on any atom is -0.360 e. The molecule has 0 aliphatic heterocycles. The van der Waals surface area contributed by atoms with Crippen molar-refractivity contribution in [2.24, 2.45) is 5.73 Å². The number of ether oxygens (including phenoxy) is 1. The van der Waals surface area contributed by atoms with Crippen molar-refractivity contribution in [3.05, 3.63) is 0 Å². The molecule has 0 saturated heterocycles. The summed E-state index contributed by atoms with van der Waals surface area (Å²) in [6, 6.07) is 0. The summed E-state index contributed by atoms with van der Waals surface area (Å²) in [5.74, 6) is 0. The van der Waals surface area contributed by atoms with Gasteiger partial charge in [-0.15, -0.1) is 0 Å². The molecule has 0 rings (SSSR count). The predicted octanol–water partition coefficient (Wildman–Crippen LogP) is 0.600. The summed E-state index contributed by atoms with van der Waals surface area (Å²) >= 11 is 0. The molecule has 0 aliphatic rings. The van der Waals surface area contributed by atoms with Crippen LogP contribution in [0.25, 0.3) is 0 Å². The number of hydrogen-bond donors (Lipinski definition) is 1. The molecule has 2 N–H and O–H groups in total. The zero-order chi connectivity index (χ0) is 8.69. The minimum absolute atomic E-state index is 0.221. The second-order valence-electron chi connectivity index (χ2n) is 2.39. The van der Waals surface area contributed by atoms with E-state index in [9.17, 15) is 0 Å². The summed E-state index contributed by atoms with van der Waals surface area (Å²) < 4.78 is 5.19.